The van der Waals surface area contributed by atoms with E-state index in [9.17, 15) is 14.4 Å². The zero-order valence-electron chi connectivity index (χ0n) is 15.1. The van der Waals surface area contributed by atoms with Crippen molar-refractivity contribution in [3.63, 3.8) is 0 Å². The van der Waals surface area contributed by atoms with Crippen LogP contribution in [0.1, 0.15) is 34.1 Å². The summed E-state index contributed by atoms with van der Waals surface area (Å²) in [6.07, 6.45) is 2.84. The summed E-state index contributed by atoms with van der Waals surface area (Å²) in [7, 11) is 0. The Morgan fingerprint density at radius 2 is 2.00 bits per heavy atom. The second-order valence-electron chi connectivity index (χ2n) is 7.39. The molecule has 1 saturated heterocycles. The predicted molar refractivity (Wildman–Crippen MR) is 91.3 cm³/mol. The first-order chi connectivity index (χ1) is 11.8. The predicted octanol–water partition coefficient (Wildman–Crippen LogP) is 2.76. The third kappa shape index (κ3) is 2.75. The van der Waals surface area contributed by atoms with E-state index in [1.54, 1.807) is 26.0 Å². The molecule has 1 saturated carbocycles. The maximum atomic E-state index is 12.5. The van der Waals surface area contributed by atoms with Gasteiger partial charge in [-0.25, -0.2) is 9.59 Å². The van der Waals surface area contributed by atoms with Gasteiger partial charge in [0, 0.05) is 23.0 Å². The fourth-order valence-electron chi connectivity index (χ4n) is 4.44. The highest BCUT2D eigenvalue weighted by molar-refractivity contribution is 5.97. The summed E-state index contributed by atoms with van der Waals surface area (Å²) in [4.78, 5) is 36.9. The molecule has 1 heterocycles. The molecule has 0 radical (unpaired) electrons. The maximum absolute atomic E-state index is 12.5. The van der Waals surface area contributed by atoms with Gasteiger partial charge in [-0.2, -0.15) is 0 Å². The number of ether oxygens (including phenoxy) is 2. The molecule has 3 rings (SSSR count). The summed E-state index contributed by atoms with van der Waals surface area (Å²) in [6, 6.07) is 0. The molecule has 2 fully saturated rings. The van der Waals surface area contributed by atoms with Crippen molar-refractivity contribution in [3.05, 3.63) is 35.5 Å². The van der Waals surface area contributed by atoms with E-state index in [4.69, 9.17) is 9.47 Å². The average Bonchev–Trinajstić information content (AvgIpc) is 2.96. The van der Waals surface area contributed by atoms with E-state index in [0.29, 0.717) is 17.6 Å². The Kier molecular flexibility index (Phi) is 4.43. The van der Waals surface area contributed by atoms with Crippen molar-refractivity contribution in [2.45, 2.75) is 46.3 Å². The number of esters is 2. The van der Waals surface area contributed by atoms with Gasteiger partial charge < -0.3 is 9.47 Å². The molecular weight excluding hydrogens is 320 g/mol. The normalized spacial score (nSPS) is 37.8. The van der Waals surface area contributed by atoms with Crippen molar-refractivity contribution in [1.29, 1.82) is 0 Å². The average molecular weight is 344 g/mol. The highest BCUT2D eigenvalue weighted by Gasteiger charge is 2.57. The molecule has 0 amide bonds. The summed E-state index contributed by atoms with van der Waals surface area (Å²) < 4.78 is 11.3. The van der Waals surface area contributed by atoms with Crippen LogP contribution in [0.3, 0.4) is 0 Å². The monoisotopic (exact) mass is 344 g/mol. The zero-order valence-corrected chi connectivity index (χ0v) is 15.1. The number of carbonyl (C=O) groups is 3. The van der Waals surface area contributed by atoms with Gasteiger partial charge in [0.25, 0.3) is 0 Å². The number of carbonyl (C=O) groups excluding carboxylic acids is 3. The van der Waals surface area contributed by atoms with Crippen molar-refractivity contribution in [2.75, 3.05) is 0 Å². The van der Waals surface area contributed by atoms with Crippen molar-refractivity contribution >= 4 is 17.7 Å². The molecule has 0 spiro atoms. The van der Waals surface area contributed by atoms with Crippen LogP contribution in [0.4, 0.5) is 0 Å². The summed E-state index contributed by atoms with van der Waals surface area (Å²) in [5.41, 5.74) is 1.77. The van der Waals surface area contributed by atoms with Gasteiger partial charge in [0.2, 0.25) is 0 Å². The molecular formula is C20H24O5. The standard InChI is InChI=1S/C20H24O5/c1-6-9(2)19(22)24-14-8-11(4)15-13(21)7-10(3)16(15)18-17(14)12(5)20(23)25-18/h6-7,11,14-18H,5,8H2,1-4H3/b9-6-/t11-,14-,15-,16-,17+,18+/m0/s1. The summed E-state index contributed by atoms with van der Waals surface area (Å²) in [5.74, 6) is -1.59. The first-order valence-electron chi connectivity index (χ1n) is 8.72. The van der Waals surface area contributed by atoms with Gasteiger partial charge in [-0.1, -0.05) is 25.2 Å². The number of fused-ring (bicyclic) bond motifs is 3. The van der Waals surface area contributed by atoms with Crippen LogP contribution < -0.4 is 0 Å². The van der Waals surface area contributed by atoms with Gasteiger partial charge in [-0.15, -0.1) is 0 Å². The van der Waals surface area contributed by atoms with Crippen LogP contribution in [0, 0.1) is 23.7 Å². The third-order valence-corrected chi connectivity index (χ3v) is 5.86. The smallest absolute Gasteiger partial charge is 0.334 e. The molecule has 0 N–H and O–H groups in total. The van der Waals surface area contributed by atoms with Crippen LogP contribution >= 0.6 is 0 Å². The minimum absolute atomic E-state index is 0.0204. The van der Waals surface area contributed by atoms with E-state index < -0.39 is 30.1 Å². The minimum atomic E-state index is -0.521. The Labute approximate surface area is 147 Å². The van der Waals surface area contributed by atoms with E-state index in [-0.39, 0.29) is 23.5 Å². The van der Waals surface area contributed by atoms with Crippen LogP contribution in [0.15, 0.2) is 35.5 Å². The van der Waals surface area contributed by atoms with Crippen LogP contribution in [0.2, 0.25) is 0 Å². The summed E-state index contributed by atoms with van der Waals surface area (Å²) in [5, 5.41) is 0. The van der Waals surface area contributed by atoms with E-state index in [0.717, 1.165) is 5.57 Å². The lowest BCUT2D eigenvalue weighted by Crippen LogP contribution is -2.36. The van der Waals surface area contributed by atoms with Crippen molar-refractivity contribution in [1.82, 2.24) is 0 Å². The van der Waals surface area contributed by atoms with Crippen molar-refractivity contribution in [3.8, 4) is 0 Å². The largest absolute Gasteiger partial charge is 0.458 e. The molecule has 5 nitrogen and oxygen atoms in total. The summed E-state index contributed by atoms with van der Waals surface area (Å²) >= 11 is 0. The number of hydrogen-bond donors (Lipinski definition) is 0. The zero-order chi connectivity index (χ0) is 18.5. The summed E-state index contributed by atoms with van der Waals surface area (Å²) in [6.45, 7) is 11.2. The lowest BCUT2D eigenvalue weighted by molar-refractivity contribution is -0.148. The number of allylic oxidation sites excluding steroid dienone is 2. The van der Waals surface area contributed by atoms with Crippen LogP contribution in [-0.4, -0.2) is 29.9 Å². The number of rotatable bonds is 2. The van der Waals surface area contributed by atoms with Crippen LogP contribution in [-0.2, 0) is 23.9 Å². The van der Waals surface area contributed by atoms with E-state index in [1.807, 2.05) is 13.8 Å². The van der Waals surface area contributed by atoms with Gasteiger partial charge >= 0.3 is 11.9 Å². The topological polar surface area (TPSA) is 69.7 Å². The lowest BCUT2D eigenvalue weighted by Gasteiger charge is -2.28. The molecule has 0 aromatic heterocycles. The Bertz CT molecular complexity index is 714. The molecule has 5 heteroatoms. The molecule has 0 aromatic rings. The van der Waals surface area contributed by atoms with Gasteiger partial charge in [-0.05, 0) is 39.2 Å². The molecule has 1 aliphatic heterocycles. The first kappa shape index (κ1) is 17.6. The Morgan fingerprint density at radius 1 is 1.32 bits per heavy atom. The molecule has 134 valence electrons. The number of hydrogen-bond acceptors (Lipinski definition) is 5. The van der Waals surface area contributed by atoms with Gasteiger partial charge in [-0.3, -0.25) is 4.79 Å². The molecule has 0 unspecified atom stereocenters. The fourth-order valence-corrected chi connectivity index (χ4v) is 4.44. The molecule has 25 heavy (non-hydrogen) atoms. The Balaban J connectivity index is 1.99. The van der Waals surface area contributed by atoms with Crippen LogP contribution in [0.25, 0.3) is 0 Å². The molecule has 0 bridgehead atoms. The Hall–Kier alpha value is -2.17. The molecule has 2 aliphatic carbocycles. The molecule has 6 atom stereocenters. The Morgan fingerprint density at radius 3 is 2.64 bits per heavy atom. The SMILES string of the molecule is C=C1C(=O)O[C@@H]2[C@H]3C(C)=CC(=O)[C@@H]3[C@@H](C)C[C@H](OC(=O)/C(C)=C\C)[C@@H]12. The number of ketones is 1. The lowest BCUT2D eigenvalue weighted by atomic mass is 9.78. The third-order valence-electron chi connectivity index (χ3n) is 5.86. The highest BCUT2D eigenvalue weighted by atomic mass is 16.6. The van der Waals surface area contributed by atoms with Crippen molar-refractivity contribution < 1.29 is 23.9 Å². The van der Waals surface area contributed by atoms with Gasteiger partial charge in [0.1, 0.15) is 12.2 Å². The fraction of sp³-hybridized carbons (Fsp3) is 0.550. The highest BCUT2D eigenvalue weighted by Crippen LogP contribution is 2.50. The quantitative estimate of drug-likeness (QED) is 0.569. The minimum Gasteiger partial charge on any atom is -0.458 e. The van der Waals surface area contributed by atoms with Gasteiger partial charge in [0.15, 0.2) is 5.78 Å². The van der Waals surface area contributed by atoms with Crippen LogP contribution in [0.5, 0.6) is 0 Å². The van der Waals surface area contributed by atoms with E-state index in [1.165, 1.54) is 0 Å². The second-order valence-corrected chi connectivity index (χ2v) is 7.39. The van der Waals surface area contributed by atoms with Gasteiger partial charge in [0.05, 0.1) is 5.92 Å². The van der Waals surface area contributed by atoms with Crippen molar-refractivity contribution in [2.24, 2.45) is 23.7 Å². The van der Waals surface area contributed by atoms with E-state index >= 15 is 0 Å². The second kappa shape index (κ2) is 6.28. The molecule has 3 aliphatic rings. The van der Waals surface area contributed by atoms with E-state index in [2.05, 4.69) is 6.58 Å². The first-order valence-corrected chi connectivity index (χ1v) is 8.72. The maximum Gasteiger partial charge on any atom is 0.334 e. The molecule has 0 aromatic carbocycles.